The van der Waals surface area contributed by atoms with E-state index < -0.39 is 23.8 Å². The lowest BCUT2D eigenvalue weighted by atomic mass is 9.53. The number of amides is 4. The second-order valence-electron chi connectivity index (χ2n) is 11.8. The summed E-state index contributed by atoms with van der Waals surface area (Å²) < 4.78 is 0. The van der Waals surface area contributed by atoms with Gasteiger partial charge in [-0.2, -0.15) is 0 Å². The Morgan fingerprint density at radius 2 is 1.58 bits per heavy atom. The van der Waals surface area contributed by atoms with Crippen molar-refractivity contribution in [3.63, 3.8) is 0 Å². The first-order chi connectivity index (χ1) is 17.4. The summed E-state index contributed by atoms with van der Waals surface area (Å²) in [6, 6.07) is 4.26. The lowest BCUT2D eigenvalue weighted by Crippen LogP contribution is -2.58. The van der Waals surface area contributed by atoms with Gasteiger partial charge in [0.05, 0.1) is 11.1 Å². The van der Waals surface area contributed by atoms with Crippen LogP contribution in [-0.2, 0) is 9.59 Å². The van der Waals surface area contributed by atoms with Crippen LogP contribution in [-0.4, -0.2) is 53.2 Å². The molecule has 7 rings (SSSR count). The minimum absolute atomic E-state index is 0.118. The number of carbonyl (C=O) groups excluding carboxylic acids is 4. The number of nitrogens with zero attached hydrogens (tertiary/aromatic N) is 1. The Hall–Kier alpha value is -2.74. The molecule has 0 aromatic heterocycles. The summed E-state index contributed by atoms with van der Waals surface area (Å²) in [6.45, 7) is 1.79. The van der Waals surface area contributed by atoms with Crippen LogP contribution in [0.2, 0.25) is 0 Å². The van der Waals surface area contributed by atoms with Crippen molar-refractivity contribution in [2.45, 2.75) is 82.2 Å². The Balaban J connectivity index is 0.990. The number of imide groups is 2. The summed E-state index contributed by atoms with van der Waals surface area (Å²) in [4.78, 5) is 51.0. The molecular formula is C28H36N4O4. The highest BCUT2D eigenvalue weighted by molar-refractivity contribution is 6.25. The van der Waals surface area contributed by atoms with E-state index >= 15 is 0 Å². The summed E-state index contributed by atoms with van der Waals surface area (Å²) in [6.07, 6.45) is 12.0. The van der Waals surface area contributed by atoms with E-state index in [2.05, 4.69) is 16.0 Å². The van der Waals surface area contributed by atoms with E-state index in [9.17, 15) is 19.2 Å². The first kappa shape index (κ1) is 23.6. The molecule has 0 radical (unpaired) electrons. The quantitative estimate of drug-likeness (QED) is 0.361. The van der Waals surface area contributed by atoms with Crippen molar-refractivity contribution in [1.82, 2.24) is 15.5 Å². The molecule has 0 spiro atoms. The molecule has 2 aliphatic heterocycles. The van der Waals surface area contributed by atoms with Crippen LogP contribution in [0.25, 0.3) is 0 Å². The van der Waals surface area contributed by atoms with Crippen molar-refractivity contribution in [3.05, 3.63) is 29.3 Å². The van der Waals surface area contributed by atoms with Crippen molar-refractivity contribution in [1.29, 1.82) is 0 Å². The van der Waals surface area contributed by atoms with Crippen LogP contribution >= 0.6 is 0 Å². The number of unbranched alkanes of at least 4 members (excludes halogenated alkanes) is 2. The normalized spacial score (nSPS) is 32.7. The lowest BCUT2D eigenvalue weighted by molar-refractivity contribution is -0.136. The van der Waals surface area contributed by atoms with E-state index in [1.165, 1.54) is 38.5 Å². The van der Waals surface area contributed by atoms with E-state index in [0.717, 1.165) is 48.5 Å². The number of fused-ring (bicyclic) bond motifs is 1. The van der Waals surface area contributed by atoms with E-state index in [4.69, 9.17) is 0 Å². The average molecular weight is 493 g/mol. The zero-order chi connectivity index (χ0) is 24.9. The minimum atomic E-state index is -0.940. The third-order valence-corrected chi connectivity index (χ3v) is 9.18. The predicted octanol–water partition coefficient (Wildman–Crippen LogP) is 3.23. The highest BCUT2D eigenvalue weighted by atomic mass is 16.2. The summed E-state index contributed by atoms with van der Waals surface area (Å²) in [5.74, 6) is 0.986. The summed E-state index contributed by atoms with van der Waals surface area (Å²) >= 11 is 0. The van der Waals surface area contributed by atoms with Crippen LogP contribution in [0.3, 0.4) is 0 Å². The van der Waals surface area contributed by atoms with Crippen LogP contribution in [0.4, 0.5) is 5.69 Å². The van der Waals surface area contributed by atoms with Gasteiger partial charge in [-0.05, 0) is 94.2 Å². The molecule has 4 aliphatic carbocycles. The molecule has 4 saturated carbocycles. The van der Waals surface area contributed by atoms with Gasteiger partial charge in [-0.3, -0.25) is 29.4 Å². The van der Waals surface area contributed by atoms with E-state index in [1.807, 2.05) is 6.07 Å². The van der Waals surface area contributed by atoms with Crippen molar-refractivity contribution in [2.24, 2.45) is 17.8 Å². The zero-order valence-corrected chi connectivity index (χ0v) is 20.8. The van der Waals surface area contributed by atoms with Gasteiger partial charge in [0.15, 0.2) is 0 Å². The number of benzene rings is 1. The predicted molar refractivity (Wildman–Crippen MR) is 134 cm³/mol. The SMILES string of the molecule is O=C1CCC(N2C(=O)c3cccc(NCCCCCNC45CC6CC(CC(C6)C4)C5)c3C2=O)C(=O)N1. The Labute approximate surface area is 211 Å². The topological polar surface area (TPSA) is 108 Å². The van der Waals surface area contributed by atoms with Crippen molar-refractivity contribution in [2.75, 3.05) is 18.4 Å². The van der Waals surface area contributed by atoms with Gasteiger partial charge in [0.1, 0.15) is 6.04 Å². The molecular weight excluding hydrogens is 456 g/mol. The van der Waals surface area contributed by atoms with Gasteiger partial charge in [0.2, 0.25) is 11.8 Å². The number of anilines is 1. The molecule has 8 nitrogen and oxygen atoms in total. The molecule has 5 fully saturated rings. The highest BCUT2D eigenvalue weighted by Gasteiger charge is 2.50. The van der Waals surface area contributed by atoms with E-state index in [0.29, 0.717) is 28.9 Å². The molecule has 1 atom stereocenters. The smallest absolute Gasteiger partial charge is 0.264 e. The average Bonchev–Trinajstić information content (AvgIpc) is 3.08. The zero-order valence-electron chi connectivity index (χ0n) is 20.8. The number of rotatable bonds is 9. The van der Waals surface area contributed by atoms with Crippen molar-refractivity contribution >= 4 is 29.3 Å². The largest absolute Gasteiger partial charge is 0.384 e. The van der Waals surface area contributed by atoms with Gasteiger partial charge in [-0.15, -0.1) is 0 Å². The summed E-state index contributed by atoms with van der Waals surface area (Å²) in [7, 11) is 0. The standard InChI is InChI=1S/C28H36N4O4/c33-23-8-7-22(25(34)31-23)32-26(35)20-5-4-6-21(24(20)27(32)36)29-9-2-1-3-10-30-28-14-17-11-18(15-28)13-19(12-17)16-28/h4-6,17-19,22,29-30H,1-3,7-16H2,(H,31,33,34). The molecule has 2 heterocycles. The van der Waals surface area contributed by atoms with E-state index in [-0.39, 0.29) is 18.7 Å². The molecule has 1 aromatic rings. The third kappa shape index (κ3) is 4.23. The van der Waals surface area contributed by atoms with Crippen LogP contribution < -0.4 is 16.0 Å². The number of hydrogen-bond acceptors (Lipinski definition) is 6. The Kier molecular flexibility index (Phi) is 6.10. The van der Waals surface area contributed by atoms with Gasteiger partial charge in [-0.1, -0.05) is 12.5 Å². The maximum absolute atomic E-state index is 13.2. The number of nitrogens with one attached hydrogen (secondary N) is 3. The second-order valence-corrected chi connectivity index (χ2v) is 11.8. The van der Waals surface area contributed by atoms with Crippen LogP contribution in [0.15, 0.2) is 18.2 Å². The molecule has 1 aromatic carbocycles. The van der Waals surface area contributed by atoms with Crippen LogP contribution in [0, 0.1) is 17.8 Å². The molecule has 4 bridgehead atoms. The fraction of sp³-hybridized carbons (Fsp3) is 0.643. The Morgan fingerprint density at radius 1 is 0.889 bits per heavy atom. The lowest BCUT2D eigenvalue weighted by Gasteiger charge is -2.57. The molecule has 1 saturated heterocycles. The van der Waals surface area contributed by atoms with Crippen molar-refractivity contribution < 1.29 is 19.2 Å². The number of carbonyl (C=O) groups is 4. The molecule has 1 unspecified atom stereocenters. The second kappa shape index (κ2) is 9.29. The van der Waals surface area contributed by atoms with Crippen molar-refractivity contribution in [3.8, 4) is 0 Å². The Bertz CT molecular complexity index is 1060. The van der Waals surface area contributed by atoms with Gasteiger partial charge >= 0.3 is 0 Å². The highest BCUT2D eigenvalue weighted by Crippen LogP contribution is 2.55. The molecule has 36 heavy (non-hydrogen) atoms. The fourth-order valence-corrected chi connectivity index (χ4v) is 7.99. The third-order valence-electron chi connectivity index (χ3n) is 9.18. The number of piperidine rings is 1. The van der Waals surface area contributed by atoms with Crippen LogP contribution in [0.5, 0.6) is 0 Å². The minimum Gasteiger partial charge on any atom is -0.384 e. The van der Waals surface area contributed by atoms with Gasteiger partial charge in [0.25, 0.3) is 11.8 Å². The monoisotopic (exact) mass is 492 g/mol. The maximum Gasteiger partial charge on any atom is 0.264 e. The fourth-order valence-electron chi connectivity index (χ4n) is 7.99. The molecule has 192 valence electrons. The molecule has 6 aliphatic rings. The molecule has 8 heteroatoms. The maximum atomic E-state index is 13.2. The number of hydrogen-bond donors (Lipinski definition) is 3. The van der Waals surface area contributed by atoms with Crippen LogP contribution in [0.1, 0.15) is 91.3 Å². The first-order valence-electron chi connectivity index (χ1n) is 13.8. The Morgan fingerprint density at radius 3 is 2.28 bits per heavy atom. The first-order valence-corrected chi connectivity index (χ1v) is 13.8. The van der Waals surface area contributed by atoms with E-state index in [1.54, 1.807) is 12.1 Å². The molecule has 3 N–H and O–H groups in total. The summed E-state index contributed by atoms with van der Waals surface area (Å²) in [5, 5.41) is 9.55. The van der Waals surface area contributed by atoms with Gasteiger partial charge in [0, 0.05) is 24.2 Å². The van der Waals surface area contributed by atoms with Gasteiger partial charge in [-0.25, -0.2) is 0 Å². The molecule has 4 amide bonds. The van der Waals surface area contributed by atoms with Gasteiger partial charge < -0.3 is 10.6 Å². The summed E-state index contributed by atoms with van der Waals surface area (Å²) in [5.41, 5.74) is 1.69.